The summed E-state index contributed by atoms with van der Waals surface area (Å²) in [4.78, 5) is 24.5. The van der Waals surface area contributed by atoms with Gasteiger partial charge in [0.1, 0.15) is 5.82 Å². The molecule has 2 saturated heterocycles. The van der Waals surface area contributed by atoms with Gasteiger partial charge in [0.2, 0.25) is 5.91 Å². The van der Waals surface area contributed by atoms with E-state index in [1.807, 2.05) is 28.0 Å². The third-order valence-electron chi connectivity index (χ3n) is 7.82. The number of rotatable bonds is 3. The molecule has 1 aliphatic carbocycles. The minimum atomic E-state index is -2.55. The van der Waals surface area contributed by atoms with Gasteiger partial charge in [-0.15, -0.1) is 0 Å². The quantitative estimate of drug-likeness (QED) is 0.712. The summed E-state index contributed by atoms with van der Waals surface area (Å²) in [5.74, 6) is -1.78. The van der Waals surface area contributed by atoms with Crippen LogP contribution in [0.3, 0.4) is 0 Å². The monoisotopic (exact) mass is 483 g/mol. The van der Waals surface area contributed by atoms with E-state index in [-0.39, 0.29) is 31.0 Å². The lowest BCUT2D eigenvalue weighted by Crippen LogP contribution is -2.60. The van der Waals surface area contributed by atoms with Gasteiger partial charge in [-0.3, -0.25) is 9.69 Å². The summed E-state index contributed by atoms with van der Waals surface area (Å²) < 4.78 is 32.2. The van der Waals surface area contributed by atoms with Crippen molar-refractivity contribution in [1.29, 1.82) is 0 Å². The summed E-state index contributed by atoms with van der Waals surface area (Å²) in [6, 6.07) is 10.3. The number of carbonyl (C=O) groups excluding carboxylic acids is 1. The molecule has 0 atom stereocenters. The van der Waals surface area contributed by atoms with Crippen LogP contribution in [0.2, 0.25) is 0 Å². The van der Waals surface area contributed by atoms with Crippen molar-refractivity contribution in [2.75, 3.05) is 54.5 Å². The molecule has 0 unspecified atom stereocenters. The first-order chi connectivity index (χ1) is 17.0. The first-order valence-electron chi connectivity index (χ1n) is 12.6. The number of nitrogens with one attached hydrogen (secondary N) is 1. The number of fused-ring (bicyclic) bond motifs is 2. The third-order valence-corrected chi connectivity index (χ3v) is 7.82. The Morgan fingerprint density at radius 2 is 1.86 bits per heavy atom. The van der Waals surface area contributed by atoms with E-state index >= 15 is 0 Å². The van der Waals surface area contributed by atoms with Gasteiger partial charge in [0.15, 0.2) is 0 Å². The number of amides is 1. The van der Waals surface area contributed by atoms with Crippen LogP contribution in [0.4, 0.5) is 31.7 Å². The highest BCUT2D eigenvalue weighted by Crippen LogP contribution is 2.41. The second-order valence-corrected chi connectivity index (χ2v) is 10.1. The Morgan fingerprint density at radius 3 is 2.60 bits per heavy atom. The molecular formula is C26H31F2N5O2. The number of nitrogens with zero attached hydrogens (tertiary/aromatic N) is 4. The molecule has 186 valence electrons. The molecule has 1 amide bonds. The molecule has 7 nitrogen and oxygen atoms in total. The fraction of sp³-hybridized carbons (Fsp3) is 0.538. The van der Waals surface area contributed by atoms with Crippen molar-refractivity contribution in [2.45, 2.75) is 44.2 Å². The molecule has 35 heavy (non-hydrogen) atoms. The predicted octanol–water partition coefficient (Wildman–Crippen LogP) is 4.02. The van der Waals surface area contributed by atoms with Crippen molar-refractivity contribution in [1.82, 2.24) is 9.88 Å². The van der Waals surface area contributed by atoms with Gasteiger partial charge in [0.05, 0.1) is 44.2 Å². The van der Waals surface area contributed by atoms with E-state index in [0.29, 0.717) is 19.8 Å². The Bertz CT molecular complexity index is 1090. The van der Waals surface area contributed by atoms with E-state index in [4.69, 9.17) is 4.74 Å². The SMILES string of the molecule is O=C([C@H]1CC[C@@H](N2CC(F)(F)C2)CC1)N1Cc2cccnc2Nc2ccc(N3CCOCC3)cc21. The first-order valence-corrected chi connectivity index (χ1v) is 12.6. The number of carbonyl (C=O) groups is 1. The zero-order valence-corrected chi connectivity index (χ0v) is 19.8. The van der Waals surface area contributed by atoms with Crippen molar-refractivity contribution in [3.8, 4) is 0 Å². The maximum Gasteiger partial charge on any atom is 0.272 e. The molecule has 0 bridgehead atoms. The first kappa shape index (κ1) is 22.7. The van der Waals surface area contributed by atoms with Gasteiger partial charge in [0, 0.05) is 42.5 Å². The number of benzene rings is 1. The second-order valence-electron chi connectivity index (χ2n) is 10.1. The highest BCUT2D eigenvalue weighted by atomic mass is 19.3. The number of pyridine rings is 1. The summed E-state index contributed by atoms with van der Waals surface area (Å²) in [6.45, 7) is 3.19. The highest BCUT2D eigenvalue weighted by Gasteiger charge is 2.47. The van der Waals surface area contributed by atoms with Crippen LogP contribution in [0, 0.1) is 5.92 Å². The number of anilines is 4. The molecular weight excluding hydrogens is 452 g/mol. The number of hydrogen-bond acceptors (Lipinski definition) is 6. The molecule has 1 aromatic heterocycles. The fourth-order valence-electron chi connectivity index (χ4n) is 5.84. The Labute approximate surface area is 204 Å². The van der Waals surface area contributed by atoms with Crippen molar-refractivity contribution >= 4 is 28.8 Å². The van der Waals surface area contributed by atoms with Crippen LogP contribution in [0.25, 0.3) is 0 Å². The third kappa shape index (κ3) is 4.47. The van der Waals surface area contributed by atoms with Crippen LogP contribution in [-0.2, 0) is 16.1 Å². The summed E-state index contributed by atoms with van der Waals surface area (Å²) in [5, 5.41) is 3.44. The Hall–Kier alpha value is -2.78. The molecule has 4 aliphatic rings. The van der Waals surface area contributed by atoms with Crippen LogP contribution in [0.1, 0.15) is 31.2 Å². The van der Waals surface area contributed by atoms with Gasteiger partial charge >= 0.3 is 0 Å². The maximum absolute atomic E-state index is 13.9. The van der Waals surface area contributed by atoms with Gasteiger partial charge < -0.3 is 19.9 Å². The number of aromatic nitrogens is 1. The summed E-state index contributed by atoms with van der Waals surface area (Å²) >= 11 is 0. The van der Waals surface area contributed by atoms with Gasteiger partial charge in [-0.05, 0) is 49.9 Å². The van der Waals surface area contributed by atoms with E-state index in [0.717, 1.165) is 67.2 Å². The number of ether oxygens (including phenoxy) is 1. The van der Waals surface area contributed by atoms with E-state index in [2.05, 4.69) is 27.3 Å². The largest absolute Gasteiger partial charge is 0.378 e. The molecule has 1 saturated carbocycles. The Morgan fingerprint density at radius 1 is 1.09 bits per heavy atom. The fourth-order valence-corrected chi connectivity index (χ4v) is 5.84. The molecule has 4 heterocycles. The lowest BCUT2D eigenvalue weighted by molar-refractivity contribution is -0.152. The minimum Gasteiger partial charge on any atom is -0.378 e. The summed E-state index contributed by atoms with van der Waals surface area (Å²) in [5.41, 5.74) is 3.78. The average molecular weight is 484 g/mol. The molecule has 3 fully saturated rings. The molecule has 0 spiro atoms. The van der Waals surface area contributed by atoms with Crippen LogP contribution in [-0.4, -0.2) is 67.1 Å². The van der Waals surface area contributed by atoms with Gasteiger partial charge in [-0.1, -0.05) is 6.07 Å². The minimum absolute atomic E-state index is 0.105. The van der Waals surface area contributed by atoms with Crippen LogP contribution >= 0.6 is 0 Å². The average Bonchev–Trinajstić information content (AvgIpc) is 3.04. The van der Waals surface area contributed by atoms with Crippen molar-refractivity contribution in [3.63, 3.8) is 0 Å². The topological polar surface area (TPSA) is 60.9 Å². The lowest BCUT2D eigenvalue weighted by Gasteiger charge is -2.46. The number of halogens is 2. The van der Waals surface area contributed by atoms with Crippen molar-refractivity contribution in [3.05, 3.63) is 42.1 Å². The molecule has 0 radical (unpaired) electrons. The molecule has 9 heteroatoms. The highest BCUT2D eigenvalue weighted by molar-refractivity contribution is 6.00. The normalized spacial score (nSPS) is 26.1. The van der Waals surface area contributed by atoms with Crippen LogP contribution in [0.5, 0.6) is 0 Å². The van der Waals surface area contributed by atoms with E-state index in [1.54, 1.807) is 6.20 Å². The Kier molecular flexibility index (Phi) is 5.84. The van der Waals surface area contributed by atoms with E-state index in [1.165, 1.54) is 0 Å². The predicted molar refractivity (Wildman–Crippen MR) is 130 cm³/mol. The summed E-state index contributed by atoms with van der Waals surface area (Å²) in [6.07, 6.45) is 4.79. The van der Waals surface area contributed by atoms with E-state index < -0.39 is 5.92 Å². The van der Waals surface area contributed by atoms with Crippen molar-refractivity contribution in [2.24, 2.45) is 5.92 Å². The second kappa shape index (κ2) is 9.02. The maximum atomic E-state index is 13.9. The Balaban J connectivity index is 1.25. The lowest BCUT2D eigenvalue weighted by atomic mass is 9.83. The number of morpholine rings is 1. The molecule has 2 aromatic rings. The van der Waals surface area contributed by atoms with Gasteiger partial charge in [-0.25, -0.2) is 13.8 Å². The summed E-state index contributed by atoms with van der Waals surface area (Å²) in [7, 11) is 0. The number of hydrogen-bond donors (Lipinski definition) is 1. The molecule has 3 aliphatic heterocycles. The van der Waals surface area contributed by atoms with Crippen molar-refractivity contribution < 1.29 is 18.3 Å². The van der Waals surface area contributed by atoms with Crippen LogP contribution < -0.4 is 15.1 Å². The number of alkyl halides is 2. The number of likely N-dealkylation sites (tertiary alicyclic amines) is 1. The molecule has 1 aromatic carbocycles. The van der Waals surface area contributed by atoms with Crippen LogP contribution in [0.15, 0.2) is 36.5 Å². The molecule has 1 N–H and O–H groups in total. The molecule has 6 rings (SSSR count). The van der Waals surface area contributed by atoms with E-state index in [9.17, 15) is 13.6 Å². The zero-order valence-electron chi connectivity index (χ0n) is 19.8. The zero-order chi connectivity index (χ0) is 24.0. The smallest absolute Gasteiger partial charge is 0.272 e. The van der Waals surface area contributed by atoms with Gasteiger partial charge in [-0.2, -0.15) is 0 Å². The van der Waals surface area contributed by atoms with Gasteiger partial charge in [0.25, 0.3) is 5.92 Å². The standard InChI is InChI=1S/C26H31F2N5O2/c27-26(28)16-32(17-26)20-5-3-18(4-6-20)25(34)33-15-19-2-1-9-29-24(19)30-22-8-7-21(14-23(22)33)31-10-12-35-13-11-31/h1-2,7-9,14,18,20H,3-6,10-13,15-17H2,(H,29,30)/t18-,20+.